The number of rotatable bonds is 8. The molecule has 7 heteroatoms. The third-order valence-electron chi connectivity index (χ3n) is 2.56. The average Bonchev–Trinajstić information content (AvgIpc) is 2.23. The van der Waals surface area contributed by atoms with Crippen molar-refractivity contribution in [1.82, 2.24) is 0 Å². The van der Waals surface area contributed by atoms with E-state index in [2.05, 4.69) is 0 Å². The van der Waals surface area contributed by atoms with Crippen LogP contribution >= 0.6 is 0 Å². The van der Waals surface area contributed by atoms with E-state index < -0.39 is 29.3 Å². The van der Waals surface area contributed by atoms with E-state index in [4.69, 9.17) is 21.7 Å². The molecule has 6 N–H and O–H groups in total. The number of hydrogen-bond donors (Lipinski definition) is 4. The molecule has 104 valence electrons. The first kappa shape index (κ1) is 16.5. The summed E-state index contributed by atoms with van der Waals surface area (Å²) in [4.78, 5) is 33.4. The minimum absolute atomic E-state index is 0.0397. The number of nitrogens with two attached hydrogens (primary N) is 2. The van der Waals surface area contributed by atoms with Gasteiger partial charge in [-0.3, -0.25) is 9.59 Å². The van der Waals surface area contributed by atoms with Crippen LogP contribution in [0.5, 0.6) is 0 Å². The maximum atomic E-state index is 11.9. The van der Waals surface area contributed by atoms with Gasteiger partial charge in [-0.25, -0.2) is 4.79 Å². The summed E-state index contributed by atoms with van der Waals surface area (Å²) in [6.07, 6.45) is -0.468. The summed E-state index contributed by atoms with van der Waals surface area (Å²) >= 11 is 0. The molecule has 0 saturated carbocycles. The average molecular weight is 260 g/mol. The van der Waals surface area contributed by atoms with E-state index in [1.165, 1.54) is 0 Å². The third kappa shape index (κ3) is 4.42. The van der Waals surface area contributed by atoms with Gasteiger partial charge in [0, 0.05) is 6.42 Å². The van der Waals surface area contributed by atoms with Gasteiger partial charge in [-0.05, 0) is 18.8 Å². The smallest absolute Gasteiger partial charge is 0.331 e. The molecule has 2 atom stereocenters. The molecule has 0 heterocycles. The number of aliphatic carboxylic acids is 2. The van der Waals surface area contributed by atoms with E-state index in [9.17, 15) is 14.4 Å². The molecule has 0 aromatic carbocycles. The van der Waals surface area contributed by atoms with Crippen LogP contribution in [0.25, 0.3) is 0 Å². The van der Waals surface area contributed by atoms with E-state index in [1.54, 1.807) is 13.8 Å². The molecule has 0 aliphatic rings. The van der Waals surface area contributed by atoms with Crippen LogP contribution in [0.1, 0.15) is 33.1 Å². The molecule has 0 saturated heterocycles. The molecule has 0 rings (SSSR count). The second-order valence-electron chi connectivity index (χ2n) is 4.78. The Bertz CT molecular complexity index is 342. The van der Waals surface area contributed by atoms with Crippen molar-refractivity contribution in [3.05, 3.63) is 0 Å². The first-order valence-corrected chi connectivity index (χ1v) is 5.65. The van der Waals surface area contributed by atoms with Gasteiger partial charge in [0.15, 0.2) is 11.3 Å². The Balaban J connectivity index is 4.86. The van der Waals surface area contributed by atoms with Crippen molar-refractivity contribution in [1.29, 1.82) is 0 Å². The van der Waals surface area contributed by atoms with Gasteiger partial charge in [0.25, 0.3) is 0 Å². The third-order valence-corrected chi connectivity index (χ3v) is 2.56. The Morgan fingerprint density at radius 3 is 2.06 bits per heavy atom. The summed E-state index contributed by atoms with van der Waals surface area (Å²) in [5.41, 5.74) is 9.08. The summed E-state index contributed by atoms with van der Waals surface area (Å²) in [5.74, 6) is -3.46. The van der Waals surface area contributed by atoms with Gasteiger partial charge < -0.3 is 21.7 Å². The Morgan fingerprint density at radius 2 is 1.72 bits per heavy atom. The summed E-state index contributed by atoms with van der Waals surface area (Å²) in [6.45, 7) is 3.47. The first-order chi connectivity index (χ1) is 8.11. The van der Waals surface area contributed by atoms with Gasteiger partial charge in [-0.15, -0.1) is 0 Å². The van der Waals surface area contributed by atoms with E-state index in [0.717, 1.165) is 0 Å². The van der Waals surface area contributed by atoms with Crippen molar-refractivity contribution in [3.8, 4) is 0 Å². The van der Waals surface area contributed by atoms with Crippen LogP contribution < -0.4 is 11.5 Å². The monoisotopic (exact) mass is 260 g/mol. The Kier molecular flexibility index (Phi) is 5.93. The van der Waals surface area contributed by atoms with Gasteiger partial charge in [0.2, 0.25) is 0 Å². The molecule has 0 aromatic heterocycles. The molecule has 0 radical (unpaired) electrons. The number of carbonyl (C=O) groups excluding carboxylic acids is 1. The highest BCUT2D eigenvalue weighted by atomic mass is 16.4. The molecule has 0 spiro atoms. The highest BCUT2D eigenvalue weighted by Gasteiger charge is 2.44. The van der Waals surface area contributed by atoms with Crippen molar-refractivity contribution in [2.45, 2.75) is 44.7 Å². The van der Waals surface area contributed by atoms with Gasteiger partial charge in [0.05, 0.1) is 6.04 Å². The number of Topliss-reactive ketones (excluding diaryl/α,β-unsaturated/α-hetero) is 1. The van der Waals surface area contributed by atoms with Gasteiger partial charge >= 0.3 is 11.9 Å². The Hall–Kier alpha value is -1.47. The fraction of sp³-hybridized carbons (Fsp3) is 0.727. The molecule has 0 aromatic rings. The van der Waals surface area contributed by atoms with Crippen LogP contribution in [0.4, 0.5) is 0 Å². The lowest BCUT2D eigenvalue weighted by molar-refractivity contribution is -0.149. The molecule has 7 nitrogen and oxygen atoms in total. The van der Waals surface area contributed by atoms with Gasteiger partial charge in [0.1, 0.15) is 0 Å². The summed E-state index contributed by atoms with van der Waals surface area (Å²) in [6, 6.07) is -1.18. The van der Waals surface area contributed by atoms with E-state index in [-0.39, 0.29) is 25.2 Å². The lowest BCUT2D eigenvalue weighted by Gasteiger charge is -2.27. The molecule has 2 unspecified atom stereocenters. The standard InChI is InChI=1S/C11H20N2O5/c1-6(2)5-11(13,10(17)18)9(16)7(12)3-4-8(14)15/h6-7H,3-5,12-13H2,1-2H3,(H,14,15)(H,17,18). The molecule has 0 aliphatic carbocycles. The summed E-state index contributed by atoms with van der Waals surface area (Å²) < 4.78 is 0. The quantitative estimate of drug-likeness (QED) is 0.433. The zero-order valence-corrected chi connectivity index (χ0v) is 10.5. The Labute approximate surface area is 105 Å². The number of hydrogen-bond acceptors (Lipinski definition) is 5. The fourth-order valence-corrected chi connectivity index (χ4v) is 1.68. The normalized spacial score (nSPS) is 16.1. The molecular formula is C11H20N2O5. The fourth-order valence-electron chi connectivity index (χ4n) is 1.68. The van der Waals surface area contributed by atoms with Crippen molar-refractivity contribution in [2.75, 3.05) is 0 Å². The van der Waals surface area contributed by atoms with Gasteiger partial charge in [-0.1, -0.05) is 13.8 Å². The van der Waals surface area contributed by atoms with E-state index >= 15 is 0 Å². The SMILES string of the molecule is CC(C)CC(N)(C(=O)O)C(=O)C(N)CCC(=O)O. The molecule has 18 heavy (non-hydrogen) atoms. The van der Waals surface area contributed by atoms with Crippen LogP contribution in [0.15, 0.2) is 0 Å². The van der Waals surface area contributed by atoms with Crippen molar-refractivity contribution in [3.63, 3.8) is 0 Å². The molecular weight excluding hydrogens is 240 g/mol. The first-order valence-electron chi connectivity index (χ1n) is 5.65. The highest BCUT2D eigenvalue weighted by molar-refractivity contribution is 6.09. The number of ketones is 1. The van der Waals surface area contributed by atoms with Crippen LogP contribution in [-0.2, 0) is 14.4 Å². The highest BCUT2D eigenvalue weighted by Crippen LogP contribution is 2.18. The molecule has 0 amide bonds. The van der Waals surface area contributed by atoms with Crippen molar-refractivity contribution < 1.29 is 24.6 Å². The maximum Gasteiger partial charge on any atom is 0.331 e. The summed E-state index contributed by atoms with van der Waals surface area (Å²) in [7, 11) is 0. The number of carboxylic acids is 2. The Morgan fingerprint density at radius 1 is 1.22 bits per heavy atom. The summed E-state index contributed by atoms with van der Waals surface area (Å²) in [5, 5.41) is 17.5. The predicted molar refractivity (Wildman–Crippen MR) is 63.9 cm³/mol. The van der Waals surface area contributed by atoms with Crippen molar-refractivity contribution >= 4 is 17.7 Å². The number of carboxylic acid groups (broad SMARTS) is 2. The predicted octanol–water partition coefficient (Wildman–Crippen LogP) is -0.424. The topological polar surface area (TPSA) is 144 Å². The van der Waals surface area contributed by atoms with E-state index in [0.29, 0.717) is 0 Å². The molecule has 0 aliphatic heterocycles. The second kappa shape index (κ2) is 6.46. The molecule has 0 fully saturated rings. The van der Waals surface area contributed by atoms with E-state index in [1.807, 2.05) is 0 Å². The van der Waals surface area contributed by atoms with Crippen LogP contribution in [0.3, 0.4) is 0 Å². The maximum absolute atomic E-state index is 11.9. The largest absolute Gasteiger partial charge is 0.481 e. The lowest BCUT2D eigenvalue weighted by atomic mass is 9.82. The van der Waals surface area contributed by atoms with Crippen LogP contribution in [0, 0.1) is 5.92 Å². The zero-order chi connectivity index (χ0) is 14.5. The van der Waals surface area contributed by atoms with Crippen molar-refractivity contribution in [2.24, 2.45) is 17.4 Å². The zero-order valence-electron chi connectivity index (χ0n) is 10.5. The van der Waals surface area contributed by atoms with Crippen LogP contribution in [-0.4, -0.2) is 39.5 Å². The lowest BCUT2D eigenvalue weighted by Crippen LogP contribution is -2.60. The van der Waals surface area contributed by atoms with Crippen LogP contribution in [0.2, 0.25) is 0 Å². The van der Waals surface area contributed by atoms with Gasteiger partial charge in [-0.2, -0.15) is 0 Å². The molecule has 0 bridgehead atoms. The number of carbonyl (C=O) groups is 3. The second-order valence-corrected chi connectivity index (χ2v) is 4.78. The minimum atomic E-state index is -2.05. The minimum Gasteiger partial charge on any atom is -0.481 e.